The van der Waals surface area contributed by atoms with Crippen molar-refractivity contribution in [1.29, 1.82) is 0 Å². The summed E-state index contributed by atoms with van der Waals surface area (Å²) in [7, 11) is 1.81. The fourth-order valence-electron chi connectivity index (χ4n) is 2.39. The van der Waals surface area contributed by atoms with E-state index in [1.807, 2.05) is 7.11 Å². The zero-order valence-corrected chi connectivity index (χ0v) is 8.68. The van der Waals surface area contributed by atoms with Gasteiger partial charge < -0.3 is 10.1 Å². The van der Waals surface area contributed by atoms with E-state index in [0.29, 0.717) is 0 Å². The molecule has 0 spiro atoms. The number of ether oxygens (including phenoxy) is 1. The standard InChI is InChI=1S/C10H20N2O/c1-10(13-2)7-12(8-10)6-9-3-4-11-5-9/h9,11H,3-8H2,1-2H3. The van der Waals surface area contributed by atoms with Crippen LogP contribution in [0.15, 0.2) is 0 Å². The van der Waals surface area contributed by atoms with Crippen LogP contribution in [0.25, 0.3) is 0 Å². The van der Waals surface area contributed by atoms with Crippen LogP contribution in [-0.4, -0.2) is 50.3 Å². The molecule has 1 N–H and O–H groups in total. The van der Waals surface area contributed by atoms with Crippen LogP contribution in [0.4, 0.5) is 0 Å². The van der Waals surface area contributed by atoms with Crippen LogP contribution in [0.1, 0.15) is 13.3 Å². The molecule has 2 saturated heterocycles. The fourth-order valence-corrected chi connectivity index (χ4v) is 2.39. The number of hydrogen-bond donors (Lipinski definition) is 1. The first-order chi connectivity index (χ1) is 6.22. The van der Waals surface area contributed by atoms with Crippen molar-refractivity contribution >= 4 is 0 Å². The summed E-state index contributed by atoms with van der Waals surface area (Å²) in [5.74, 6) is 0.876. The van der Waals surface area contributed by atoms with Crippen LogP contribution in [0.3, 0.4) is 0 Å². The highest BCUT2D eigenvalue weighted by Gasteiger charge is 2.39. The van der Waals surface area contributed by atoms with E-state index >= 15 is 0 Å². The average molecular weight is 184 g/mol. The Morgan fingerprint density at radius 2 is 2.31 bits per heavy atom. The highest BCUT2D eigenvalue weighted by Crippen LogP contribution is 2.25. The van der Waals surface area contributed by atoms with E-state index in [2.05, 4.69) is 17.1 Å². The molecule has 0 saturated carbocycles. The summed E-state index contributed by atoms with van der Waals surface area (Å²) >= 11 is 0. The molecule has 0 bridgehead atoms. The van der Waals surface area contributed by atoms with Crippen LogP contribution in [0.2, 0.25) is 0 Å². The van der Waals surface area contributed by atoms with Crippen LogP contribution in [0, 0.1) is 5.92 Å². The van der Waals surface area contributed by atoms with Crippen molar-refractivity contribution in [2.45, 2.75) is 18.9 Å². The maximum atomic E-state index is 5.41. The maximum absolute atomic E-state index is 5.41. The number of hydrogen-bond acceptors (Lipinski definition) is 3. The predicted octanol–water partition coefficient (Wildman–Crippen LogP) is 0.317. The van der Waals surface area contributed by atoms with Gasteiger partial charge in [0.15, 0.2) is 0 Å². The molecule has 2 heterocycles. The molecule has 0 radical (unpaired) electrons. The molecule has 0 aromatic rings. The van der Waals surface area contributed by atoms with E-state index < -0.39 is 0 Å². The normalized spacial score (nSPS) is 33.2. The number of rotatable bonds is 3. The Bertz CT molecular complexity index is 172. The molecule has 2 rings (SSSR count). The number of nitrogens with one attached hydrogen (secondary N) is 1. The van der Waals surface area contributed by atoms with Crippen LogP contribution >= 0.6 is 0 Å². The van der Waals surface area contributed by atoms with E-state index in [9.17, 15) is 0 Å². The van der Waals surface area contributed by atoms with Gasteiger partial charge in [-0.05, 0) is 32.4 Å². The summed E-state index contributed by atoms with van der Waals surface area (Å²) in [5.41, 5.74) is 0.145. The van der Waals surface area contributed by atoms with Crippen LogP contribution in [0.5, 0.6) is 0 Å². The lowest BCUT2D eigenvalue weighted by molar-refractivity contribution is -0.114. The maximum Gasteiger partial charge on any atom is 0.0903 e. The summed E-state index contributed by atoms with van der Waals surface area (Å²) in [6.45, 7) is 8.09. The quantitative estimate of drug-likeness (QED) is 0.683. The summed E-state index contributed by atoms with van der Waals surface area (Å²) in [5, 5.41) is 3.40. The molecular weight excluding hydrogens is 164 g/mol. The predicted molar refractivity (Wildman–Crippen MR) is 52.8 cm³/mol. The Morgan fingerprint density at radius 1 is 1.54 bits per heavy atom. The van der Waals surface area contributed by atoms with Crippen molar-refractivity contribution < 1.29 is 4.74 Å². The molecule has 3 nitrogen and oxygen atoms in total. The average Bonchev–Trinajstić information content (AvgIpc) is 2.54. The smallest absolute Gasteiger partial charge is 0.0903 e. The van der Waals surface area contributed by atoms with E-state index in [0.717, 1.165) is 19.0 Å². The third-order valence-electron chi connectivity index (χ3n) is 3.29. The lowest BCUT2D eigenvalue weighted by Crippen LogP contribution is -2.61. The van der Waals surface area contributed by atoms with Gasteiger partial charge in [0.05, 0.1) is 5.60 Å². The molecule has 0 aromatic carbocycles. The second kappa shape index (κ2) is 3.56. The molecule has 1 atom stereocenters. The van der Waals surface area contributed by atoms with Crippen LogP contribution < -0.4 is 5.32 Å². The lowest BCUT2D eigenvalue weighted by atomic mass is 9.94. The first-order valence-corrected chi connectivity index (χ1v) is 5.20. The summed E-state index contributed by atoms with van der Waals surface area (Å²) in [6.07, 6.45) is 1.35. The van der Waals surface area contributed by atoms with Crippen molar-refractivity contribution in [1.82, 2.24) is 10.2 Å². The van der Waals surface area contributed by atoms with Gasteiger partial charge in [-0.25, -0.2) is 0 Å². The van der Waals surface area contributed by atoms with Crippen molar-refractivity contribution in [2.24, 2.45) is 5.92 Å². The van der Waals surface area contributed by atoms with Gasteiger partial charge in [0, 0.05) is 26.7 Å². The van der Waals surface area contributed by atoms with Crippen molar-refractivity contribution in [3.05, 3.63) is 0 Å². The van der Waals surface area contributed by atoms with Gasteiger partial charge in [-0.3, -0.25) is 4.90 Å². The van der Waals surface area contributed by atoms with Crippen molar-refractivity contribution in [3.8, 4) is 0 Å². The minimum absolute atomic E-state index is 0.145. The Morgan fingerprint density at radius 3 is 2.85 bits per heavy atom. The third kappa shape index (κ3) is 2.03. The number of nitrogens with zero attached hydrogens (tertiary/aromatic N) is 1. The second-order valence-electron chi connectivity index (χ2n) is 4.68. The minimum atomic E-state index is 0.145. The second-order valence-corrected chi connectivity index (χ2v) is 4.68. The van der Waals surface area contributed by atoms with Gasteiger partial charge in [-0.1, -0.05) is 0 Å². The van der Waals surface area contributed by atoms with Gasteiger partial charge in [0.25, 0.3) is 0 Å². The molecule has 1 unspecified atom stereocenters. The molecule has 0 aromatic heterocycles. The summed E-state index contributed by atoms with van der Waals surface area (Å²) in [6, 6.07) is 0. The summed E-state index contributed by atoms with van der Waals surface area (Å²) < 4.78 is 5.41. The number of methoxy groups -OCH3 is 1. The first-order valence-electron chi connectivity index (χ1n) is 5.20. The van der Waals surface area contributed by atoms with Crippen molar-refractivity contribution in [2.75, 3.05) is 39.8 Å². The third-order valence-corrected chi connectivity index (χ3v) is 3.29. The first kappa shape index (κ1) is 9.44. The van der Waals surface area contributed by atoms with E-state index in [1.165, 1.54) is 26.1 Å². The molecule has 2 aliphatic heterocycles. The molecule has 3 heteroatoms. The molecule has 2 aliphatic rings. The van der Waals surface area contributed by atoms with E-state index in [1.54, 1.807) is 0 Å². The monoisotopic (exact) mass is 184 g/mol. The zero-order valence-electron chi connectivity index (χ0n) is 8.68. The molecule has 0 amide bonds. The van der Waals surface area contributed by atoms with E-state index in [4.69, 9.17) is 4.74 Å². The topological polar surface area (TPSA) is 24.5 Å². The zero-order chi connectivity index (χ0) is 9.31. The molecule has 76 valence electrons. The van der Waals surface area contributed by atoms with Gasteiger partial charge in [-0.2, -0.15) is 0 Å². The Hall–Kier alpha value is -0.120. The summed E-state index contributed by atoms with van der Waals surface area (Å²) in [4.78, 5) is 2.50. The Balaban J connectivity index is 1.68. The Kier molecular flexibility index (Phi) is 2.58. The minimum Gasteiger partial charge on any atom is -0.376 e. The number of likely N-dealkylation sites (tertiary alicyclic amines) is 1. The molecule has 2 fully saturated rings. The Labute approximate surface area is 80.4 Å². The lowest BCUT2D eigenvalue weighted by Gasteiger charge is -2.47. The molecular formula is C10H20N2O. The van der Waals surface area contributed by atoms with Crippen LogP contribution in [-0.2, 0) is 4.74 Å². The van der Waals surface area contributed by atoms with Gasteiger partial charge >= 0.3 is 0 Å². The van der Waals surface area contributed by atoms with Gasteiger partial charge in [0.2, 0.25) is 0 Å². The van der Waals surface area contributed by atoms with Gasteiger partial charge in [-0.15, -0.1) is 0 Å². The highest BCUT2D eigenvalue weighted by atomic mass is 16.5. The van der Waals surface area contributed by atoms with Gasteiger partial charge in [0.1, 0.15) is 0 Å². The molecule has 0 aliphatic carbocycles. The fraction of sp³-hybridized carbons (Fsp3) is 1.00. The largest absolute Gasteiger partial charge is 0.376 e. The SMILES string of the molecule is COC1(C)CN(CC2CCNC2)C1. The molecule has 13 heavy (non-hydrogen) atoms. The van der Waals surface area contributed by atoms with E-state index in [-0.39, 0.29) is 5.60 Å². The highest BCUT2D eigenvalue weighted by molar-refractivity contribution is 4.94. The van der Waals surface area contributed by atoms with Crippen molar-refractivity contribution in [3.63, 3.8) is 0 Å².